The molecule has 1 atom stereocenters. The van der Waals surface area contributed by atoms with Gasteiger partial charge in [0, 0.05) is 0 Å². The summed E-state index contributed by atoms with van der Waals surface area (Å²) in [5, 5.41) is 1.79. The minimum absolute atomic E-state index is 0.147. The van der Waals surface area contributed by atoms with Crippen LogP contribution in [0.1, 0.15) is 6.92 Å². The molecule has 1 fully saturated rings. The Bertz CT molecular complexity index is 386. The Balaban J connectivity index is 2.37. The molecule has 0 spiro atoms. The number of hydrogen-bond donors (Lipinski definition) is 2. The molecule has 1 saturated heterocycles. The van der Waals surface area contributed by atoms with Gasteiger partial charge in [-0.25, -0.2) is 4.79 Å². The van der Waals surface area contributed by atoms with E-state index in [0.717, 1.165) is 0 Å². The van der Waals surface area contributed by atoms with Crippen molar-refractivity contribution in [1.82, 2.24) is 10.2 Å². The summed E-state index contributed by atoms with van der Waals surface area (Å²) in [6.07, 6.45) is -1.14. The largest absolute Gasteiger partial charge is 0.451 e. The number of carbonyl (C=O) groups excluding carboxylic acids is 4. The van der Waals surface area contributed by atoms with Crippen LogP contribution < -0.4 is 11.1 Å². The molecule has 0 saturated carbocycles. The van der Waals surface area contributed by atoms with Crippen LogP contribution in [0.5, 0.6) is 0 Å². The number of rotatable bonds is 4. The molecule has 4 amide bonds. The van der Waals surface area contributed by atoms with Crippen molar-refractivity contribution in [3.05, 3.63) is 0 Å². The molecule has 0 aromatic carbocycles. The van der Waals surface area contributed by atoms with Gasteiger partial charge in [-0.3, -0.25) is 19.7 Å². The van der Waals surface area contributed by atoms with Crippen LogP contribution in [0, 0.1) is 0 Å². The number of nitrogens with two attached hydrogens (primary N) is 1. The smallest absolute Gasteiger partial charge is 0.326 e. The van der Waals surface area contributed by atoms with Gasteiger partial charge in [0.15, 0.2) is 6.10 Å². The van der Waals surface area contributed by atoms with Crippen molar-refractivity contribution in [1.29, 1.82) is 0 Å². The van der Waals surface area contributed by atoms with E-state index in [1.807, 2.05) is 0 Å². The zero-order valence-corrected chi connectivity index (χ0v) is 10.5. The van der Waals surface area contributed by atoms with Gasteiger partial charge in [0.25, 0.3) is 5.91 Å². The Morgan fingerprint density at radius 2 is 2.22 bits per heavy atom. The van der Waals surface area contributed by atoms with Crippen molar-refractivity contribution in [3.8, 4) is 0 Å². The molecule has 0 aromatic heterocycles. The Kier molecular flexibility index (Phi) is 4.95. The lowest BCUT2D eigenvalue weighted by Crippen LogP contribution is -2.43. The summed E-state index contributed by atoms with van der Waals surface area (Å²) >= 11 is 1.39. The number of hydrogen-bond acceptors (Lipinski definition) is 6. The highest BCUT2D eigenvalue weighted by molar-refractivity contribution is 8.00. The lowest BCUT2D eigenvalue weighted by atomic mass is 10.4. The monoisotopic (exact) mass is 275 g/mol. The summed E-state index contributed by atoms with van der Waals surface area (Å²) in [6.45, 7) is 1.09. The summed E-state index contributed by atoms with van der Waals surface area (Å²) in [7, 11) is 0. The fraction of sp³-hybridized carbons (Fsp3) is 0.556. The highest BCUT2D eigenvalue weighted by Gasteiger charge is 2.25. The lowest BCUT2D eigenvalue weighted by molar-refractivity contribution is -0.156. The minimum Gasteiger partial charge on any atom is -0.451 e. The highest BCUT2D eigenvalue weighted by atomic mass is 32.2. The van der Waals surface area contributed by atoms with Crippen LogP contribution in [-0.4, -0.2) is 53.0 Å². The van der Waals surface area contributed by atoms with E-state index >= 15 is 0 Å². The first kappa shape index (κ1) is 14.3. The summed E-state index contributed by atoms with van der Waals surface area (Å²) in [6, 6.07) is -1.02. The fourth-order valence-corrected chi connectivity index (χ4v) is 2.11. The average molecular weight is 275 g/mol. The maximum Gasteiger partial charge on any atom is 0.326 e. The molecule has 0 aliphatic carbocycles. The van der Waals surface area contributed by atoms with Crippen molar-refractivity contribution < 1.29 is 23.9 Å². The number of ether oxygens (including phenoxy) is 1. The molecule has 1 rings (SSSR count). The van der Waals surface area contributed by atoms with E-state index in [0.29, 0.717) is 11.6 Å². The topological polar surface area (TPSA) is 119 Å². The molecule has 18 heavy (non-hydrogen) atoms. The van der Waals surface area contributed by atoms with E-state index in [9.17, 15) is 19.2 Å². The standard InChI is InChI=1S/C9H13N3O5S/c1-5(8(15)11-9(10)16)17-7(14)2-12-4-18-3-6(12)13/h5H,2-4H2,1H3,(H3,10,11,15,16). The average Bonchev–Trinajstić information content (AvgIpc) is 2.63. The second-order valence-corrected chi connectivity index (χ2v) is 4.51. The van der Waals surface area contributed by atoms with Crippen LogP contribution in [0.25, 0.3) is 0 Å². The Morgan fingerprint density at radius 1 is 1.56 bits per heavy atom. The lowest BCUT2D eigenvalue weighted by Gasteiger charge is -2.16. The Hall–Kier alpha value is -1.77. The number of amides is 4. The van der Waals surface area contributed by atoms with E-state index in [1.54, 1.807) is 5.32 Å². The molecular weight excluding hydrogens is 262 g/mol. The maximum atomic E-state index is 11.4. The molecule has 8 nitrogen and oxygen atoms in total. The molecule has 1 aliphatic heterocycles. The number of carbonyl (C=O) groups is 4. The fourth-order valence-electron chi connectivity index (χ4n) is 1.21. The third-order valence-corrected chi connectivity index (χ3v) is 3.01. The van der Waals surface area contributed by atoms with Crippen molar-refractivity contribution in [2.24, 2.45) is 5.73 Å². The van der Waals surface area contributed by atoms with E-state index in [4.69, 9.17) is 10.5 Å². The number of urea groups is 1. The number of nitrogens with one attached hydrogen (secondary N) is 1. The van der Waals surface area contributed by atoms with E-state index in [-0.39, 0.29) is 12.5 Å². The van der Waals surface area contributed by atoms with E-state index < -0.39 is 24.0 Å². The van der Waals surface area contributed by atoms with Crippen LogP contribution in [0.15, 0.2) is 0 Å². The van der Waals surface area contributed by atoms with Crippen molar-refractivity contribution in [2.45, 2.75) is 13.0 Å². The Labute approximate surface area is 107 Å². The number of imide groups is 1. The first-order valence-electron chi connectivity index (χ1n) is 5.05. The zero-order valence-electron chi connectivity index (χ0n) is 9.67. The predicted molar refractivity (Wildman–Crippen MR) is 62.3 cm³/mol. The molecular formula is C9H13N3O5S. The van der Waals surface area contributed by atoms with Gasteiger partial charge < -0.3 is 15.4 Å². The Morgan fingerprint density at radius 3 is 2.72 bits per heavy atom. The minimum atomic E-state index is -1.14. The van der Waals surface area contributed by atoms with Crippen molar-refractivity contribution >= 4 is 35.6 Å². The van der Waals surface area contributed by atoms with Gasteiger partial charge in [-0.1, -0.05) is 0 Å². The quantitative estimate of drug-likeness (QED) is 0.612. The predicted octanol–water partition coefficient (Wildman–Crippen LogP) is -1.35. The number of nitrogens with zero attached hydrogens (tertiary/aromatic N) is 1. The van der Waals surface area contributed by atoms with Gasteiger partial charge in [-0.15, -0.1) is 11.8 Å². The number of thioether (sulfide) groups is 1. The molecule has 0 aromatic rings. The second kappa shape index (κ2) is 6.24. The van der Waals surface area contributed by atoms with Gasteiger partial charge in [0.2, 0.25) is 5.91 Å². The number of esters is 1. The second-order valence-electron chi connectivity index (χ2n) is 3.55. The van der Waals surface area contributed by atoms with Crippen molar-refractivity contribution in [2.75, 3.05) is 18.2 Å². The molecule has 3 N–H and O–H groups in total. The third kappa shape index (κ3) is 4.24. The zero-order chi connectivity index (χ0) is 13.7. The SMILES string of the molecule is CC(OC(=O)CN1CSCC1=O)C(=O)NC(N)=O. The van der Waals surface area contributed by atoms with Gasteiger partial charge in [-0.2, -0.15) is 0 Å². The molecule has 1 aliphatic rings. The molecule has 1 unspecified atom stereocenters. The number of primary amides is 1. The summed E-state index contributed by atoms with van der Waals surface area (Å²) < 4.78 is 4.76. The maximum absolute atomic E-state index is 11.4. The first-order valence-corrected chi connectivity index (χ1v) is 6.21. The van der Waals surface area contributed by atoms with Crippen LogP contribution in [0.4, 0.5) is 4.79 Å². The van der Waals surface area contributed by atoms with Crippen LogP contribution >= 0.6 is 11.8 Å². The first-order chi connectivity index (χ1) is 8.40. The van der Waals surface area contributed by atoms with Gasteiger partial charge in [0.1, 0.15) is 6.54 Å². The molecule has 9 heteroatoms. The van der Waals surface area contributed by atoms with Gasteiger partial charge >= 0.3 is 12.0 Å². The van der Waals surface area contributed by atoms with Crippen LogP contribution in [0.3, 0.4) is 0 Å². The normalized spacial score (nSPS) is 16.3. The summed E-state index contributed by atoms with van der Waals surface area (Å²) in [5.41, 5.74) is 4.75. The summed E-state index contributed by atoms with van der Waals surface area (Å²) in [4.78, 5) is 45.6. The van der Waals surface area contributed by atoms with E-state index in [2.05, 4.69) is 0 Å². The highest BCUT2D eigenvalue weighted by Crippen LogP contribution is 2.14. The van der Waals surface area contributed by atoms with E-state index in [1.165, 1.54) is 23.6 Å². The van der Waals surface area contributed by atoms with Crippen LogP contribution in [0.2, 0.25) is 0 Å². The summed E-state index contributed by atoms with van der Waals surface area (Å²) in [5.74, 6) is -0.900. The van der Waals surface area contributed by atoms with Crippen molar-refractivity contribution in [3.63, 3.8) is 0 Å². The molecule has 0 radical (unpaired) electrons. The van der Waals surface area contributed by atoms with Gasteiger partial charge in [-0.05, 0) is 6.92 Å². The molecule has 0 bridgehead atoms. The third-order valence-electron chi connectivity index (χ3n) is 2.07. The molecule has 100 valence electrons. The van der Waals surface area contributed by atoms with Crippen LogP contribution in [-0.2, 0) is 19.1 Å². The molecule has 1 heterocycles. The van der Waals surface area contributed by atoms with Gasteiger partial charge in [0.05, 0.1) is 11.6 Å².